The van der Waals surface area contributed by atoms with Gasteiger partial charge in [0.2, 0.25) is 0 Å². The van der Waals surface area contributed by atoms with Crippen molar-refractivity contribution < 1.29 is 0 Å². The first-order chi connectivity index (χ1) is 8.78. The molecule has 100 valence electrons. The lowest BCUT2D eigenvalue weighted by Crippen LogP contribution is -2.39. The predicted molar refractivity (Wildman–Crippen MR) is 76.8 cm³/mol. The monoisotopic (exact) mass is 247 g/mol. The van der Waals surface area contributed by atoms with Gasteiger partial charge in [-0.2, -0.15) is 0 Å². The van der Waals surface area contributed by atoms with Crippen molar-refractivity contribution in [1.29, 1.82) is 0 Å². The molecule has 1 fully saturated rings. The molecule has 3 heteroatoms. The lowest BCUT2D eigenvalue weighted by molar-refractivity contribution is 0.446. The summed E-state index contributed by atoms with van der Waals surface area (Å²) in [5.41, 5.74) is 8.16. The van der Waals surface area contributed by atoms with E-state index in [2.05, 4.69) is 30.9 Å². The number of pyridine rings is 1. The molecule has 2 heterocycles. The molecule has 0 saturated carbocycles. The number of piperidine rings is 1. The molecule has 18 heavy (non-hydrogen) atoms. The van der Waals surface area contributed by atoms with Crippen LogP contribution in [0.1, 0.15) is 50.8 Å². The zero-order chi connectivity index (χ0) is 13.0. The average molecular weight is 247 g/mol. The smallest absolute Gasteiger partial charge is 0.129 e. The van der Waals surface area contributed by atoms with E-state index in [0.29, 0.717) is 12.6 Å². The summed E-state index contributed by atoms with van der Waals surface area (Å²) in [6.45, 7) is 6.17. The Kier molecular flexibility index (Phi) is 4.59. The Morgan fingerprint density at radius 2 is 2.17 bits per heavy atom. The van der Waals surface area contributed by atoms with Gasteiger partial charge >= 0.3 is 0 Å². The van der Waals surface area contributed by atoms with Crippen molar-refractivity contribution in [2.24, 2.45) is 5.73 Å². The first-order valence-electron chi connectivity index (χ1n) is 7.25. The SMILES string of the molecule is CCc1cc(CN)cc(N2CCCCC2CC)n1. The summed E-state index contributed by atoms with van der Waals surface area (Å²) in [7, 11) is 0. The van der Waals surface area contributed by atoms with Crippen molar-refractivity contribution in [1.82, 2.24) is 4.98 Å². The van der Waals surface area contributed by atoms with Crippen LogP contribution in [-0.4, -0.2) is 17.6 Å². The molecular formula is C15H25N3. The highest BCUT2D eigenvalue weighted by atomic mass is 15.2. The molecule has 0 bridgehead atoms. The fraction of sp³-hybridized carbons (Fsp3) is 0.667. The van der Waals surface area contributed by atoms with Crippen LogP contribution < -0.4 is 10.6 Å². The largest absolute Gasteiger partial charge is 0.354 e. The Labute approximate surface area is 110 Å². The van der Waals surface area contributed by atoms with Crippen LogP contribution in [0.25, 0.3) is 0 Å². The first-order valence-corrected chi connectivity index (χ1v) is 7.25. The minimum Gasteiger partial charge on any atom is -0.354 e. The van der Waals surface area contributed by atoms with Gasteiger partial charge in [-0.15, -0.1) is 0 Å². The van der Waals surface area contributed by atoms with Crippen molar-refractivity contribution >= 4 is 5.82 Å². The number of anilines is 1. The highest BCUT2D eigenvalue weighted by Crippen LogP contribution is 2.26. The van der Waals surface area contributed by atoms with E-state index < -0.39 is 0 Å². The average Bonchev–Trinajstić information content (AvgIpc) is 2.46. The number of hydrogen-bond acceptors (Lipinski definition) is 3. The standard InChI is InChI=1S/C15H25N3/c1-3-13-9-12(11-16)10-15(17-13)18-8-6-5-7-14(18)4-2/h9-10,14H,3-8,11,16H2,1-2H3. The van der Waals surface area contributed by atoms with Crippen LogP contribution in [0.5, 0.6) is 0 Å². The molecule has 1 aliphatic rings. The Bertz CT molecular complexity index is 367. The molecule has 3 nitrogen and oxygen atoms in total. The van der Waals surface area contributed by atoms with Crippen LogP contribution in [0.3, 0.4) is 0 Å². The summed E-state index contributed by atoms with van der Waals surface area (Å²) in [4.78, 5) is 7.28. The van der Waals surface area contributed by atoms with Crippen molar-refractivity contribution in [2.45, 2.75) is 58.5 Å². The van der Waals surface area contributed by atoms with Crippen LogP contribution in [0, 0.1) is 0 Å². The van der Waals surface area contributed by atoms with Crippen LogP contribution in [0.2, 0.25) is 0 Å². The third-order valence-electron chi connectivity index (χ3n) is 3.92. The zero-order valence-electron chi connectivity index (χ0n) is 11.7. The topological polar surface area (TPSA) is 42.1 Å². The fourth-order valence-electron chi connectivity index (χ4n) is 2.81. The van der Waals surface area contributed by atoms with Crippen LogP contribution in [0.15, 0.2) is 12.1 Å². The molecule has 0 amide bonds. The fourth-order valence-corrected chi connectivity index (χ4v) is 2.81. The molecule has 0 aliphatic carbocycles. The lowest BCUT2D eigenvalue weighted by atomic mass is 10.00. The Balaban J connectivity index is 2.29. The molecule has 2 rings (SSSR count). The number of hydrogen-bond donors (Lipinski definition) is 1. The van der Waals surface area contributed by atoms with Crippen LogP contribution in [-0.2, 0) is 13.0 Å². The van der Waals surface area contributed by atoms with Gasteiger partial charge in [-0.25, -0.2) is 4.98 Å². The summed E-state index contributed by atoms with van der Waals surface area (Å²) in [6, 6.07) is 4.96. The normalized spacial score (nSPS) is 20.2. The molecule has 1 atom stereocenters. The van der Waals surface area contributed by atoms with Gasteiger partial charge in [0.15, 0.2) is 0 Å². The van der Waals surface area contributed by atoms with Gasteiger partial charge in [0.1, 0.15) is 5.82 Å². The van der Waals surface area contributed by atoms with Gasteiger partial charge in [-0.05, 0) is 49.8 Å². The molecular weight excluding hydrogens is 222 g/mol. The zero-order valence-corrected chi connectivity index (χ0v) is 11.7. The predicted octanol–water partition coefficient (Wildman–Crippen LogP) is 2.87. The molecule has 1 saturated heterocycles. The van der Waals surface area contributed by atoms with E-state index in [1.807, 2.05) is 0 Å². The number of rotatable bonds is 4. The Morgan fingerprint density at radius 1 is 1.33 bits per heavy atom. The lowest BCUT2D eigenvalue weighted by Gasteiger charge is -2.36. The van der Waals surface area contributed by atoms with Gasteiger partial charge < -0.3 is 10.6 Å². The summed E-state index contributed by atoms with van der Waals surface area (Å²) in [6.07, 6.45) is 6.12. The first kappa shape index (κ1) is 13.3. The van der Waals surface area contributed by atoms with Crippen molar-refractivity contribution in [3.8, 4) is 0 Å². The molecule has 1 aliphatic heterocycles. The summed E-state index contributed by atoms with van der Waals surface area (Å²) >= 11 is 0. The highest BCUT2D eigenvalue weighted by Gasteiger charge is 2.22. The maximum absolute atomic E-state index is 5.79. The molecule has 2 N–H and O–H groups in total. The number of aromatic nitrogens is 1. The second-order valence-electron chi connectivity index (χ2n) is 5.13. The summed E-state index contributed by atoms with van der Waals surface area (Å²) in [5.74, 6) is 1.14. The second-order valence-corrected chi connectivity index (χ2v) is 5.13. The molecule has 0 aromatic carbocycles. The third-order valence-corrected chi connectivity index (χ3v) is 3.92. The van der Waals surface area contributed by atoms with Gasteiger partial charge in [0.25, 0.3) is 0 Å². The van der Waals surface area contributed by atoms with E-state index >= 15 is 0 Å². The van der Waals surface area contributed by atoms with Crippen LogP contribution >= 0.6 is 0 Å². The highest BCUT2D eigenvalue weighted by molar-refractivity contribution is 5.44. The van der Waals surface area contributed by atoms with Gasteiger partial charge in [-0.1, -0.05) is 13.8 Å². The molecule has 0 spiro atoms. The maximum atomic E-state index is 5.79. The van der Waals surface area contributed by atoms with E-state index in [1.165, 1.54) is 31.2 Å². The minimum atomic E-state index is 0.604. The van der Waals surface area contributed by atoms with E-state index in [9.17, 15) is 0 Å². The second kappa shape index (κ2) is 6.19. The minimum absolute atomic E-state index is 0.604. The summed E-state index contributed by atoms with van der Waals surface area (Å²) in [5, 5.41) is 0. The number of nitrogens with zero attached hydrogens (tertiary/aromatic N) is 2. The molecule has 1 unspecified atom stereocenters. The summed E-state index contributed by atoms with van der Waals surface area (Å²) < 4.78 is 0. The maximum Gasteiger partial charge on any atom is 0.129 e. The molecule has 0 radical (unpaired) electrons. The molecule has 1 aromatic heterocycles. The van der Waals surface area contributed by atoms with Crippen LogP contribution in [0.4, 0.5) is 5.82 Å². The van der Waals surface area contributed by atoms with Gasteiger partial charge in [-0.3, -0.25) is 0 Å². The van der Waals surface area contributed by atoms with Gasteiger partial charge in [0, 0.05) is 24.8 Å². The van der Waals surface area contributed by atoms with E-state index in [1.54, 1.807) is 0 Å². The van der Waals surface area contributed by atoms with Crippen molar-refractivity contribution in [2.75, 3.05) is 11.4 Å². The van der Waals surface area contributed by atoms with E-state index in [-0.39, 0.29) is 0 Å². The quantitative estimate of drug-likeness (QED) is 0.889. The Morgan fingerprint density at radius 3 is 2.83 bits per heavy atom. The van der Waals surface area contributed by atoms with E-state index in [0.717, 1.165) is 24.5 Å². The van der Waals surface area contributed by atoms with Crippen molar-refractivity contribution in [3.63, 3.8) is 0 Å². The number of nitrogens with two attached hydrogens (primary N) is 1. The van der Waals surface area contributed by atoms with E-state index in [4.69, 9.17) is 10.7 Å². The van der Waals surface area contributed by atoms with Gasteiger partial charge in [0.05, 0.1) is 0 Å². The number of aryl methyl sites for hydroxylation is 1. The molecule has 1 aromatic rings. The third kappa shape index (κ3) is 2.83. The van der Waals surface area contributed by atoms with Crippen molar-refractivity contribution in [3.05, 3.63) is 23.4 Å². The Hall–Kier alpha value is -1.09.